The van der Waals surface area contributed by atoms with Gasteiger partial charge in [-0.3, -0.25) is 4.79 Å². The average molecular weight is 412 g/mol. The SMILES string of the molecule is CCCCN(Cc1nc2ccccc2n1CCCC)C(=O)c1ccc(C)c(Cl)c1. The number of carbonyl (C=O) groups excluding carboxylic acids is 1. The van der Waals surface area contributed by atoms with E-state index in [2.05, 4.69) is 24.5 Å². The van der Waals surface area contributed by atoms with Crippen molar-refractivity contribution in [2.24, 2.45) is 0 Å². The molecule has 3 aromatic rings. The molecule has 5 heteroatoms. The number of rotatable bonds is 9. The van der Waals surface area contributed by atoms with E-state index in [4.69, 9.17) is 16.6 Å². The zero-order valence-electron chi connectivity index (χ0n) is 17.6. The van der Waals surface area contributed by atoms with Crippen LogP contribution in [0.4, 0.5) is 0 Å². The zero-order valence-corrected chi connectivity index (χ0v) is 18.4. The van der Waals surface area contributed by atoms with Crippen LogP contribution < -0.4 is 0 Å². The molecule has 2 aromatic carbocycles. The van der Waals surface area contributed by atoms with E-state index in [1.165, 1.54) is 0 Å². The Bertz CT molecular complexity index is 979. The van der Waals surface area contributed by atoms with Gasteiger partial charge in [-0.05, 0) is 49.6 Å². The molecule has 1 heterocycles. The number of hydrogen-bond acceptors (Lipinski definition) is 2. The minimum Gasteiger partial charge on any atom is -0.331 e. The Morgan fingerprint density at radius 3 is 2.59 bits per heavy atom. The van der Waals surface area contributed by atoms with Crippen LogP contribution in [-0.2, 0) is 13.1 Å². The van der Waals surface area contributed by atoms with E-state index >= 15 is 0 Å². The minimum absolute atomic E-state index is 0.00875. The summed E-state index contributed by atoms with van der Waals surface area (Å²) in [4.78, 5) is 20.1. The molecule has 0 spiro atoms. The van der Waals surface area contributed by atoms with Gasteiger partial charge in [0.15, 0.2) is 0 Å². The average Bonchev–Trinajstić information content (AvgIpc) is 3.08. The van der Waals surface area contributed by atoms with E-state index in [-0.39, 0.29) is 5.91 Å². The van der Waals surface area contributed by atoms with Gasteiger partial charge in [-0.1, -0.05) is 56.5 Å². The number of unbranched alkanes of at least 4 members (excludes halogenated alkanes) is 2. The number of para-hydroxylation sites is 2. The molecular formula is C24H30ClN3O. The Hall–Kier alpha value is -2.33. The molecule has 1 aromatic heterocycles. The molecule has 4 nitrogen and oxygen atoms in total. The van der Waals surface area contributed by atoms with E-state index in [0.717, 1.165) is 54.6 Å². The van der Waals surface area contributed by atoms with Gasteiger partial charge < -0.3 is 9.47 Å². The third-order valence-corrected chi connectivity index (χ3v) is 5.70. The van der Waals surface area contributed by atoms with E-state index in [0.29, 0.717) is 23.7 Å². The van der Waals surface area contributed by atoms with Crippen LogP contribution >= 0.6 is 11.6 Å². The largest absolute Gasteiger partial charge is 0.331 e. The predicted molar refractivity (Wildman–Crippen MR) is 120 cm³/mol. The number of amides is 1. The number of imidazole rings is 1. The molecule has 0 saturated heterocycles. The first-order valence-electron chi connectivity index (χ1n) is 10.5. The van der Waals surface area contributed by atoms with Gasteiger partial charge in [-0.25, -0.2) is 4.98 Å². The number of aryl methyl sites for hydroxylation is 2. The molecule has 3 rings (SSSR count). The third kappa shape index (κ3) is 4.99. The summed E-state index contributed by atoms with van der Waals surface area (Å²) in [6.45, 7) is 8.40. The molecule has 0 aliphatic carbocycles. The van der Waals surface area contributed by atoms with Crippen LogP contribution in [0.3, 0.4) is 0 Å². The maximum Gasteiger partial charge on any atom is 0.254 e. The van der Waals surface area contributed by atoms with Crippen molar-refractivity contribution >= 4 is 28.5 Å². The zero-order chi connectivity index (χ0) is 20.8. The van der Waals surface area contributed by atoms with Gasteiger partial charge in [0.2, 0.25) is 0 Å². The minimum atomic E-state index is 0.00875. The van der Waals surface area contributed by atoms with Crippen LogP contribution in [0.25, 0.3) is 11.0 Å². The van der Waals surface area contributed by atoms with Crippen molar-refractivity contribution in [1.29, 1.82) is 0 Å². The molecule has 29 heavy (non-hydrogen) atoms. The Kier molecular flexibility index (Phi) is 7.32. The van der Waals surface area contributed by atoms with Crippen LogP contribution in [-0.4, -0.2) is 26.9 Å². The first-order valence-corrected chi connectivity index (χ1v) is 10.9. The van der Waals surface area contributed by atoms with Crippen molar-refractivity contribution in [3.8, 4) is 0 Å². The molecule has 0 N–H and O–H groups in total. The first-order chi connectivity index (χ1) is 14.0. The fourth-order valence-electron chi connectivity index (χ4n) is 3.49. The van der Waals surface area contributed by atoms with E-state index < -0.39 is 0 Å². The van der Waals surface area contributed by atoms with E-state index in [9.17, 15) is 4.79 Å². The first kappa shape index (κ1) is 21.4. The van der Waals surface area contributed by atoms with Crippen molar-refractivity contribution in [2.45, 2.75) is 59.5 Å². The van der Waals surface area contributed by atoms with Gasteiger partial charge in [0.05, 0.1) is 17.6 Å². The Labute approximate surface area is 178 Å². The number of halogens is 1. The second-order valence-corrected chi connectivity index (χ2v) is 7.97. The molecule has 0 fully saturated rings. The maximum absolute atomic E-state index is 13.3. The summed E-state index contributed by atoms with van der Waals surface area (Å²) >= 11 is 6.28. The van der Waals surface area contributed by atoms with Crippen LogP contribution in [0.5, 0.6) is 0 Å². The topological polar surface area (TPSA) is 38.1 Å². The maximum atomic E-state index is 13.3. The lowest BCUT2D eigenvalue weighted by Gasteiger charge is -2.23. The summed E-state index contributed by atoms with van der Waals surface area (Å²) in [7, 11) is 0. The van der Waals surface area contributed by atoms with E-state index in [1.54, 1.807) is 6.07 Å². The molecule has 1 amide bonds. The molecule has 0 saturated carbocycles. The van der Waals surface area contributed by atoms with Crippen molar-refractivity contribution < 1.29 is 4.79 Å². The van der Waals surface area contributed by atoms with Gasteiger partial charge >= 0.3 is 0 Å². The predicted octanol–water partition coefficient (Wildman–Crippen LogP) is 6.24. The van der Waals surface area contributed by atoms with Crippen molar-refractivity contribution in [1.82, 2.24) is 14.5 Å². The van der Waals surface area contributed by atoms with Gasteiger partial charge in [0, 0.05) is 23.7 Å². The molecule has 0 unspecified atom stereocenters. The number of carbonyl (C=O) groups is 1. The fourth-order valence-corrected chi connectivity index (χ4v) is 3.67. The lowest BCUT2D eigenvalue weighted by Crippen LogP contribution is -2.32. The molecule has 0 bridgehead atoms. The highest BCUT2D eigenvalue weighted by Crippen LogP contribution is 2.21. The molecular weight excluding hydrogens is 382 g/mol. The standard InChI is InChI=1S/C24H30ClN3O/c1-4-6-14-27(24(29)19-13-12-18(3)20(25)16-19)17-23-26-21-10-8-9-11-22(21)28(23)15-7-5-2/h8-13,16H,4-7,14-15,17H2,1-3H3. The Balaban J connectivity index is 1.93. The third-order valence-electron chi connectivity index (χ3n) is 5.29. The number of fused-ring (bicyclic) bond motifs is 1. The number of aromatic nitrogens is 2. The number of hydrogen-bond donors (Lipinski definition) is 0. The van der Waals surface area contributed by atoms with E-state index in [1.807, 2.05) is 42.2 Å². The lowest BCUT2D eigenvalue weighted by molar-refractivity contribution is 0.0734. The normalized spacial score (nSPS) is 11.2. The Morgan fingerprint density at radius 2 is 1.86 bits per heavy atom. The van der Waals surface area contributed by atoms with Crippen LogP contribution in [0.15, 0.2) is 42.5 Å². The van der Waals surface area contributed by atoms with Gasteiger partial charge in [0.25, 0.3) is 5.91 Å². The second-order valence-electron chi connectivity index (χ2n) is 7.57. The number of benzene rings is 2. The summed E-state index contributed by atoms with van der Waals surface area (Å²) in [5.41, 5.74) is 3.73. The summed E-state index contributed by atoms with van der Waals surface area (Å²) in [6, 6.07) is 13.8. The molecule has 0 atom stereocenters. The molecule has 0 radical (unpaired) electrons. The summed E-state index contributed by atoms with van der Waals surface area (Å²) in [5.74, 6) is 0.955. The highest BCUT2D eigenvalue weighted by atomic mass is 35.5. The lowest BCUT2D eigenvalue weighted by atomic mass is 10.1. The molecule has 154 valence electrons. The molecule has 0 aliphatic heterocycles. The summed E-state index contributed by atoms with van der Waals surface area (Å²) in [6.07, 6.45) is 4.20. The monoisotopic (exact) mass is 411 g/mol. The van der Waals surface area contributed by atoms with Crippen LogP contribution in [0.2, 0.25) is 5.02 Å². The quantitative estimate of drug-likeness (QED) is 0.418. The van der Waals surface area contributed by atoms with Crippen LogP contribution in [0, 0.1) is 6.92 Å². The second kappa shape index (κ2) is 9.93. The van der Waals surface area contributed by atoms with Crippen molar-refractivity contribution in [2.75, 3.05) is 6.54 Å². The fraction of sp³-hybridized carbons (Fsp3) is 0.417. The summed E-state index contributed by atoms with van der Waals surface area (Å²) in [5, 5.41) is 0.626. The molecule has 0 aliphatic rings. The highest BCUT2D eigenvalue weighted by molar-refractivity contribution is 6.31. The van der Waals surface area contributed by atoms with Gasteiger partial charge in [0.1, 0.15) is 5.82 Å². The van der Waals surface area contributed by atoms with Crippen molar-refractivity contribution in [3.63, 3.8) is 0 Å². The van der Waals surface area contributed by atoms with Crippen molar-refractivity contribution in [3.05, 3.63) is 64.4 Å². The van der Waals surface area contributed by atoms with Gasteiger partial charge in [-0.15, -0.1) is 0 Å². The van der Waals surface area contributed by atoms with Gasteiger partial charge in [-0.2, -0.15) is 0 Å². The van der Waals surface area contributed by atoms with Crippen LogP contribution in [0.1, 0.15) is 61.3 Å². The Morgan fingerprint density at radius 1 is 1.10 bits per heavy atom. The highest BCUT2D eigenvalue weighted by Gasteiger charge is 2.20. The number of nitrogens with zero attached hydrogens (tertiary/aromatic N) is 3. The summed E-state index contributed by atoms with van der Waals surface area (Å²) < 4.78 is 2.27. The smallest absolute Gasteiger partial charge is 0.254 e.